The van der Waals surface area contributed by atoms with Crippen molar-refractivity contribution in [3.63, 3.8) is 0 Å². The van der Waals surface area contributed by atoms with Gasteiger partial charge in [-0.2, -0.15) is 0 Å². The van der Waals surface area contributed by atoms with Crippen molar-refractivity contribution in [1.29, 1.82) is 0 Å². The zero-order valence-electron chi connectivity index (χ0n) is 12.2. The molecule has 1 aliphatic rings. The molecule has 1 fully saturated rings. The minimum Gasteiger partial charge on any atom is -0.357 e. The third-order valence-corrected chi connectivity index (χ3v) is 5.18. The molecular weight excluding hydrogens is 342 g/mol. The first-order chi connectivity index (χ1) is 11.0. The highest BCUT2D eigenvalue weighted by Crippen LogP contribution is 2.32. The molecule has 122 valence electrons. The lowest BCUT2D eigenvalue weighted by molar-refractivity contribution is -0.115. The number of hydrogen-bond donors (Lipinski definition) is 2. The fourth-order valence-electron chi connectivity index (χ4n) is 1.74. The van der Waals surface area contributed by atoms with Crippen molar-refractivity contribution in [3.8, 4) is 0 Å². The highest BCUT2D eigenvalue weighted by Gasteiger charge is 2.23. The van der Waals surface area contributed by atoms with Crippen LogP contribution in [0, 0.1) is 11.6 Å². The van der Waals surface area contributed by atoms with Gasteiger partial charge >= 0.3 is 0 Å². The lowest BCUT2D eigenvalue weighted by Gasteiger charge is -2.10. The summed E-state index contributed by atoms with van der Waals surface area (Å²) in [6.45, 7) is 1.72. The van der Waals surface area contributed by atoms with E-state index in [1.54, 1.807) is 6.92 Å². The molecular formula is C14H14F2N4OS2. The Morgan fingerprint density at radius 3 is 2.83 bits per heavy atom. The Morgan fingerprint density at radius 2 is 2.13 bits per heavy atom. The molecule has 5 nitrogen and oxygen atoms in total. The van der Waals surface area contributed by atoms with Crippen molar-refractivity contribution in [2.24, 2.45) is 0 Å². The Labute approximate surface area is 139 Å². The molecule has 1 atom stereocenters. The Morgan fingerprint density at radius 1 is 1.35 bits per heavy atom. The zero-order chi connectivity index (χ0) is 16.4. The largest absolute Gasteiger partial charge is 0.357 e. The van der Waals surface area contributed by atoms with E-state index in [2.05, 4.69) is 20.8 Å². The number of anilines is 2. The fraction of sp³-hybridized carbons (Fsp3) is 0.357. The van der Waals surface area contributed by atoms with E-state index < -0.39 is 16.9 Å². The van der Waals surface area contributed by atoms with Gasteiger partial charge in [0.25, 0.3) is 0 Å². The molecule has 1 heterocycles. The summed E-state index contributed by atoms with van der Waals surface area (Å²) in [7, 11) is 0. The Bertz CT molecular complexity index is 721. The van der Waals surface area contributed by atoms with Gasteiger partial charge in [-0.3, -0.25) is 4.79 Å². The molecule has 2 N–H and O–H groups in total. The van der Waals surface area contributed by atoms with Crippen LogP contribution in [0.3, 0.4) is 0 Å². The average molecular weight is 356 g/mol. The number of nitrogens with one attached hydrogen (secondary N) is 2. The summed E-state index contributed by atoms with van der Waals surface area (Å²) < 4.78 is 26.7. The summed E-state index contributed by atoms with van der Waals surface area (Å²) in [5, 5.41) is 14.2. The number of hydrogen-bond acceptors (Lipinski definition) is 6. The maximum atomic E-state index is 13.1. The Hall–Kier alpha value is -1.74. The average Bonchev–Trinajstić information content (AvgIpc) is 3.21. The van der Waals surface area contributed by atoms with E-state index in [1.807, 2.05) is 0 Å². The third kappa shape index (κ3) is 4.38. The molecule has 0 aliphatic heterocycles. The minimum atomic E-state index is -0.997. The quantitative estimate of drug-likeness (QED) is 0.776. The molecule has 1 aliphatic carbocycles. The number of nitrogens with zero attached hydrogens (tertiary/aromatic N) is 2. The van der Waals surface area contributed by atoms with Crippen LogP contribution < -0.4 is 10.6 Å². The molecule has 3 rings (SSSR count). The molecule has 1 unspecified atom stereocenters. The smallest absolute Gasteiger partial charge is 0.237 e. The second kappa shape index (κ2) is 6.79. The van der Waals surface area contributed by atoms with Gasteiger partial charge in [-0.1, -0.05) is 23.1 Å². The van der Waals surface area contributed by atoms with Crippen LogP contribution in [0.25, 0.3) is 0 Å². The molecule has 2 aromatic rings. The van der Waals surface area contributed by atoms with Crippen molar-refractivity contribution < 1.29 is 13.6 Å². The molecule has 1 aromatic carbocycles. The van der Waals surface area contributed by atoms with E-state index in [9.17, 15) is 13.6 Å². The lowest BCUT2D eigenvalue weighted by atomic mass is 10.3. The first-order valence-electron chi connectivity index (χ1n) is 7.04. The summed E-state index contributed by atoms with van der Waals surface area (Å²) in [5.74, 6) is -2.26. The Balaban J connectivity index is 1.56. The van der Waals surface area contributed by atoms with Crippen LogP contribution in [0.5, 0.6) is 0 Å². The highest BCUT2D eigenvalue weighted by molar-refractivity contribution is 8.02. The number of amides is 1. The second-order valence-corrected chi connectivity index (χ2v) is 7.74. The second-order valence-electron chi connectivity index (χ2n) is 5.17. The van der Waals surface area contributed by atoms with Gasteiger partial charge in [0.15, 0.2) is 16.0 Å². The van der Waals surface area contributed by atoms with Gasteiger partial charge in [0.2, 0.25) is 11.0 Å². The summed E-state index contributed by atoms with van der Waals surface area (Å²) in [4.78, 5) is 12.1. The van der Waals surface area contributed by atoms with Gasteiger partial charge < -0.3 is 10.6 Å². The number of carbonyl (C=O) groups excluding carboxylic acids is 1. The predicted molar refractivity (Wildman–Crippen MR) is 86.9 cm³/mol. The van der Waals surface area contributed by atoms with Gasteiger partial charge in [-0.15, -0.1) is 10.2 Å². The van der Waals surface area contributed by atoms with Crippen molar-refractivity contribution in [2.75, 3.05) is 10.6 Å². The van der Waals surface area contributed by atoms with Crippen molar-refractivity contribution in [3.05, 3.63) is 29.8 Å². The Kier molecular flexibility index (Phi) is 4.76. The summed E-state index contributed by atoms with van der Waals surface area (Å²) in [6.07, 6.45) is 2.30. The van der Waals surface area contributed by atoms with Gasteiger partial charge in [0.1, 0.15) is 0 Å². The molecule has 1 aromatic heterocycles. The standard InChI is InChI=1S/C14H14F2N4OS2/c1-7(12(21)17-9-4-5-10(15)11(16)6-9)22-14-20-19-13(23-14)18-8-2-3-8/h4-8H,2-3H2,1H3,(H,17,21)(H,18,19). The molecule has 0 bridgehead atoms. The van der Waals surface area contributed by atoms with E-state index in [4.69, 9.17) is 0 Å². The number of carbonyl (C=O) groups is 1. The van der Waals surface area contributed by atoms with Gasteiger partial charge in [-0.05, 0) is 31.9 Å². The van der Waals surface area contributed by atoms with Crippen LogP contribution in [0.15, 0.2) is 22.5 Å². The van der Waals surface area contributed by atoms with Crippen LogP contribution in [0.2, 0.25) is 0 Å². The number of thioether (sulfide) groups is 1. The monoisotopic (exact) mass is 356 g/mol. The number of halogens is 2. The molecule has 9 heteroatoms. The van der Waals surface area contributed by atoms with Crippen LogP contribution in [0.4, 0.5) is 19.6 Å². The maximum absolute atomic E-state index is 13.1. The summed E-state index contributed by atoms with van der Waals surface area (Å²) in [6, 6.07) is 3.74. The highest BCUT2D eigenvalue weighted by atomic mass is 32.2. The van der Waals surface area contributed by atoms with Crippen molar-refractivity contribution in [2.45, 2.75) is 35.4 Å². The number of rotatable bonds is 6. The summed E-state index contributed by atoms with van der Waals surface area (Å²) >= 11 is 2.67. The van der Waals surface area contributed by atoms with Gasteiger partial charge in [-0.25, -0.2) is 8.78 Å². The van der Waals surface area contributed by atoms with E-state index in [-0.39, 0.29) is 11.6 Å². The van der Waals surface area contributed by atoms with E-state index in [0.29, 0.717) is 10.4 Å². The van der Waals surface area contributed by atoms with Crippen LogP contribution >= 0.6 is 23.1 Å². The maximum Gasteiger partial charge on any atom is 0.237 e. The molecule has 23 heavy (non-hydrogen) atoms. The zero-order valence-corrected chi connectivity index (χ0v) is 13.8. The number of benzene rings is 1. The van der Waals surface area contributed by atoms with E-state index in [0.717, 1.165) is 30.1 Å². The minimum absolute atomic E-state index is 0.217. The third-order valence-electron chi connectivity index (χ3n) is 3.15. The van der Waals surface area contributed by atoms with E-state index >= 15 is 0 Å². The van der Waals surface area contributed by atoms with Crippen molar-refractivity contribution >= 4 is 39.8 Å². The normalized spacial score (nSPS) is 15.3. The fourth-order valence-corrected chi connectivity index (χ4v) is 3.71. The first kappa shape index (κ1) is 16.1. The SMILES string of the molecule is CC(Sc1nnc(NC2CC2)s1)C(=O)Nc1ccc(F)c(F)c1. The predicted octanol–water partition coefficient (Wildman–Crippen LogP) is 3.51. The topological polar surface area (TPSA) is 66.9 Å². The molecule has 0 saturated heterocycles. The molecule has 1 amide bonds. The molecule has 0 spiro atoms. The van der Waals surface area contributed by atoms with Crippen LogP contribution in [-0.4, -0.2) is 27.4 Å². The first-order valence-corrected chi connectivity index (χ1v) is 8.73. The van der Waals surface area contributed by atoms with Gasteiger partial charge in [0.05, 0.1) is 5.25 Å². The summed E-state index contributed by atoms with van der Waals surface area (Å²) in [5.41, 5.74) is 0.217. The van der Waals surface area contributed by atoms with Gasteiger partial charge in [0, 0.05) is 17.8 Å². The van der Waals surface area contributed by atoms with Crippen LogP contribution in [-0.2, 0) is 4.79 Å². The van der Waals surface area contributed by atoms with Crippen LogP contribution in [0.1, 0.15) is 19.8 Å². The van der Waals surface area contributed by atoms with E-state index in [1.165, 1.54) is 29.2 Å². The number of aromatic nitrogens is 2. The van der Waals surface area contributed by atoms with Crippen molar-refractivity contribution in [1.82, 2.24) is 10.2 Å². The lowest BCUT2D eigenvalue weighted by Crippen LogP contribution is -2.22. The molecule has 0 radical (unpaired) electrons. The molecule has 1 saturated carbocycles.